The summed E-state index contributed by atoms with van der Waals surface area (Å²) in [7, 11) is 0. The Morgan fingerprint density at radius 2 is 2.05 bits per heavy atom. The molecule has 1 aliphatic carbocycles. The molecule has 1 aliphatic heterocycles. The molecule has 2 aliphatic rings. The SMILES string of the molecule is O=C(NCc1ccccc1OC1CCCC1)C1CCNC1. The van der Waals surface area contributed by atoms with E-state index >= 15 is 0 Å². The van der Waals surface area contributed by atoms with E-state index in [9.17, 15) is 4.79 Å². The molecule has 1 aromatic rings. The van der Waals surface area contributed by atoms with Crippen molar-refractivity contribution in [1.29, 1.82) is 0 Å². The first-order valence-electron chi connectivity index (χ1n) is 8.06. The van der Waals surface area contributed by atoms with Gasteiger partial charge in [0.1, 0.15) is 5.75 Å². The summed E-state index contributed by atoms with van der Waals surface area (Å²) in [5.41, 5.74) is 1.07. The fourth-order valence-electron chi connectivity index (χ4n) is 3.16. The van der Waals surface area contributed by atoms with Crippen LogP contribution in [-0.4, -0.2) is 25.1 Å². The van der Waals surface area contributed by atoms with Crippen LogP contribution in [0.1, 0.15) is 37.7 Å². The Morgan fingerprint density at radius 3 is 2.81 bits per heavy atom. The third-order valence-corrected chi connectivity index (χ3v) is 4.45. The minimum absolute atomic E-state index is 0.118. The van der Waals surface area contributed by atoms with E-state index in [0.717, 1.165) is 43.7 Å². The van der Waals surface area contributed by atoms with Gasteiger partial charge >= 0.3 is 0 Å². The quantitative estimate of drug-likeness (QED) is 0.873. The smallest absolute Gasteiger partial charge is 0.224 e. The van der Waals surface area contributed by atoms with Crippen LogP contribution < -0.4 is 15.4 Å². The highest BCUT2D eigenvalue weighted by Crippen LogP contribution is 2.26. The zero-order valence-electron chi connectivity index (χ0n) is 12.4. The number of carbonyl (C=O) groups excluding carboxylic acids is 1. The number of hydrogen-bond acceptors (Lipinski definition) is 3. The average Bonchev–Trinajstić information content (AvgIpc) is 3.19. The Hall–Kier alpha value is -1.55. The van der Waals surface area contributed by atoms with Gasteiger partial charge in [0.05, 0.1) is 12.0 Å². The van der Waals surface area contributed by atoms with Crippen LogP contribution in [-0.2, 0) is 11.3 Å². The summed E-state index contributed by atoms with van der Waals surface area (Å²) in [6.07, 6.45) is 6.10. The fraction of sp³-hybridized carbons (Fsp3) is 0.588. The second kappa shape index (κ2) is 6.94. The van der Waals surface area contributed by atoms with Crippen molar-refractivity contribution >= 4 is 5.91 Å². The van der Waals surface area contributed by atoms with Crippen LogP contribution in [0.2, 0.25) is 0 Å². The van der Waals surface area contributed by atoms with E-state index < -0.39 is 0 Å². The van der Waals surface area contributed by atoms with E-state index in [1.54, 1.807) is 0 Å². The first-order chi connectivity index (χ1) is 10.3. The van der Waals surface area contributed by atoms with Crippen molar-refractivity contribution in [3.63, 3.8) is 0 Å². The first kappa shape index (κ1) is 14.4. The number of rotatable bonds is 5. The van der Waals surface area contributed by atoms with Gasteiger partial charge in [-0.2, -0.15) is 0 Å². The number of para-hydroxylation sites is 1. The van der Waals surface area contributed by atoms with Crippen LogP contribution in [0.4, 0.5) is 0 Å². The van der Waals surface area contributed by atoms with Crippen LogP contribution in [0.25, 0.3) is 0 Å². The molecule has 0 spiro atoms. The van der Waals surface area contributed by atoms with Gasteiger partial charge in [0.15, 0.2) is 0 Å². The minimum Gasteiger partial charge on any atom is -0.490 e. The maximum absolute atomic E-state index is 12.1. The molecular formula is C17H24N2O2. The number of nitrogens with one attached hydrogen (secondary N) is 2. The molecule has 4 heteroatoms. The lowest BCUT2D eigenvalue weighted by Gasteiger charge is -2.17. The molecule has 0 bridgehead atoms. The van der Waals surface area contributed by atoms with E-state index in [0.29, 0.717) is 12.6 Å². The van der Waals surface area contributed by atoms with Crippen molar-refractivity contribution in [2.45, 2.75) is 44.8 Å². The summed E-state index contributed by atoms with van der Waals surface area (Å²) in [6, 6.07) is 8.05. The Kier molecular flexibility index (Phi) is 4.76. The Balaban J connectivity index is 1.57. The Morgan fingerprint density at radius 1 is 1.24 bits per heavy atom. The van der Waals surface area contributed by atoms with Gasteiger partial charge < -0.3 is 15.4 Å². The van der Waals surface area contributed by atoms with Gasteiger partial charge in [0.25, 0.3) is 0 Å². The standard InChI is InChI=1S/C17H24N2O2/c20-17(14-9-10-18-11-14)19-12-13-5-1-4-8-16(13)21-15-6-2-3-7-15/h1,4-5,8,14-15,18H,2-3,6-7,9-12H2,(H,19,20). The van der Waals surface area contributed by atoms with E-state index in [2.05, 4.69) is 10.6 Å². The minimum atomic E-state index is 0.118. The molecular weight excluding hydrogens is 264 g/mol. The molecule has 114 valence electrons. The van der Waals surface area contributed by atoms with Gasteiger partial charge in [-0.3, -0.25) is 4.79 Å². The normalized spacial score (nSPS) is 22.4. The lowest BCUT2D eigenvalue weighted by molar-refractivity contribution is -0.124. The molecule has 1 unspecified atom stereocenters. The molecule has 1 saturated heterocycles. The van der Waals surface area contributed by atoms with Crippen molar-refractivity contribution in [1.82, 2.24) is 10.6 Å². The van der Waals surface area contributed by atoms with Crippen molar-refractivity contribution < 1.29 is 9.53 Å². The van der Waals surface area contributed by atoms with Gasteiger partial charge in [-0.25, -0.2) is 0 Å². The number of amides is 1. The molecule has 1 amide bonds. The highest BCUT2D eigenvalue weighted by atomic mass is 16.5. The predicted octanol–water partition coefficient (Wildman–Crippen LogP) is 2.23. The number of carbonyl (C=O) groups is 1. The number of hydrogen-bond donors (Lipinski definition) is 2. The maximum Gasteiger partial charge on any atom is 0.224 e. The zero-order chi connectivity index (χ0) is 14.5. The highest BCUT2D eigenvalue weighted by molar-refractivity contribution is 5.79. The molecule has 4 nitrogen and oxygen atoms in total. The van der Waals surface area contributed by atoms with Crippen LogP contribution in [0.3, 0.4) is 0 Å². The molecule has 0 radical (unpaired) electrons. The van der Waals surface area contributed by atoms with E-state index in [-0.39, 0.29) is 11.8 Å². The van der Waals surface area contributed by atoms with Gasteiger partial charge in [0, 0.05) is 18.7 Å². The summed E-state index contributed by atoms with van der Waals surface area (Å²) < 4.78 is 6.10. The largest absolute Gasteiger partial charge is 0.490 e. The summed E-state index contributed by atoms with van der Waals surface area (Å²) in [5, 5.41) is 6.27. The molecule has 21 heavy (non-hydrogen) atoms. The third-order valence-electron chi connectivity index (χ3n) is 4.45. The first-order valence-corrected chi connectivity index (χ1v) is 8.06. The molecule has 0 aromatic heterocycles. The zero-order valence-corrected chi connectivity index (χ0v) is 12.4. The van der Waals surface area contributed by atoms with Gasteiger partial charge in [-0.1, -0.05) is 18.2 Å². The Labute approximate surface area is 126 Å². The van der Waals surface area contributed by atoms with Crippen molar-refractivity contribution in [3.05, 3.63) is 29.8 Å². The van der Waals surface area contributed by atoms with E-state index in [1.165, 1.54) is 12.8 Å². The van der Waals surface area contributed by atoms with E-state index in [4.69, 9.17) is 4.74 Å². The van der Waals surface area contributed by atoms with Crippen LogP contribution in [0, 0.1) is 5.92 Å². The molecule has 1 heterocycles. The summed E-state index contributed by atoms with van der Waals surface area (Å²) >= 11 is 0. The molecule has 3 rings (SSSR count). The molecule has 2 fully saturated rings. The van der Waals surface area contributed by atoms with E-state index in [1.807, 2.05) is 24.3 Å². The van der Waals surface area contributed by atoms with Crippen LogP contribution >= 0.6 is 0 Å². The summed E-state index contributed by atoms with van der Waals surface area (Å²) in [4.78, 5) is 12.1. The monoisotopic (exact) mass is 288 g/mol. The summed E-state index contributed by atoms with van der Waals surface area (Å²) in [6.45, 7) is 2.30. The number of ether oxygens (including phenoxy) is 1. The van der Waals surface area contributed by atoms with Crippen molar-refractivity contribution in [2.24, 2.45) is 5.92 Å². The van der Waals surface area contributed by atoms with Crippen LogP contribution in [0.15, 0.2) is 24.3 Å². The fourth-order valence-corrected chi connectivity index (χ4v) is 3.16. The molecule has 1 saturated carbocycles. The molecule has 1 aromatic carbocycles. The molecule has 2 N–H and O–H groups in total. The summed E-state index contributed by atoms with van der Waals surface area (Å²) in [5.74, 6) is 1.19. The molecule has 1 atom stereocenters. The van der Waals surface area contributed by atoms with Gasteiger partial charge in [0.2, 0.25) is 5.91 Å². The lowest BCUT2D eigenvalue weighted by Crippen LogP contribution is -2.31. The average molecular weight is 288 g/mol. The van der Waals surface area contributed by atoms with Crippen LogP contribution in [0.5, 0.6) is 5.75 Å². The number of benzene rings is 1. The van der Waals surface area contributed by atoms with Gasteiger partial charge in [-0.15, -0.1) is 0 Å². The van der Waals surface area contributed by atoms with Gasteiger partial charge in [-0.05, 0) is 44.7 Å². The highest BCUT2D eigenvalue weighted by Gasteiger charge is 2.22. The second-order valence-corrected chi connectivity index (χ2v) is 6.04. The van der Waals surface area contributed by atoms with Crippen molar-refractivity contribution in [3.8, 4) is 5.75 Å². The lowest BCUT2D eigenvalue weighted by atomic mass is 10.1. The Bertz CT molecular complexity index is 477. The second-order valence-electron chi connectivity index (χ2n) is 6.04. The van der Waals surface area contributed by atoms with Crippen molar-refractivity contribution in [2.75, 3.05) is 13.1 Å². The topological polar surface area (TPSA) is 50.4 Å². The predicted molar refractivity (Wildman–Crippen MR) is 82.1 cm³/mol. The maximum atomic E-state index is 12.1. The third kappa shape index (κ3) is 3.76.